The van der Waals surface area contributed by atoms with Crippen molar-refractivity contribution in [2.75, 3.05) is 6.54 Å². The standard InChI is InChI=1S/C15H17BrN2O2/c1-2-12-13(19)18(14(20)17-12)9-15(7-8-15)10-5-3-4-6-11(10)16/h3-6,12H,2,7-9H2,1H3,(H,17,20)/t12-/m0/s1. The van der Waals surface area contributed by atoms with E-state index < -0.39 is 0 Å². The number of nitrogens with zero attached hydrogens (tertiary/aromatic N) is 1. The van der Waals surface area contributed by atoms with Crippen molar-refractivity contribution >= 4 is 27.9 Å². The first-order valence-electron chi connectivity index (χ1n) is 6.94. The monoisotopic (exact) mass is 336 g/mol. The van der Waals surface area contributed by atoms with Crippen molar-refractivity contribution in [2.45, 2.75) is 37.6 Å². The van der Waals surface area contributed by atoms with Crippen LogP contribution in [0.1, 0.15) is 31.7 Å². The molecular weight excluding hydrogens is 320 g/mol. The first-order valence-corrected chi connectivity index (χ1v) is 7.73. The van der Waals surface area contributed by atoms with Crippen LogP contribution in [0.5, 0.6) is 0 Å². The molecule has 1 atom stereocenters. The van der Waals surface area contributed by atoms with Crippen LogP contribution in [0.3, 0.4) is 0 Å². The third-order valence-corrected chi connectivity index (χ3v) is 4.97. The lowest BCUT2D eigenvalue weighted by Crippen LogP contribution is -2.38. The van der Waals surface area contributed by atoms with Gasteiger partial charge in [-0.3, -0.25) is 9.69 Å². The van der Waals surface area contributed by atoms with Crippen LogP contribution in [0, 0.1) is 0 Å². The molecule has 0 spiro atoms. The molecule has 0 unspecified atom stereocenters. The molecule has 1 aromatic rings. The number of rotatable bonds is 4. The molecule has 0 bridgehead atoms. The lowest BCUT2D eigenvalue weighted by Gasteiger charge is -2.22. The Labute approximate surface area is 126 Å². The second kappa shape index (κ2) is 4.88. The molecule has 0 radical (unpaired) electrons. The Morgan fingerprint density at radius 2 is 2.05 bits per heavy atom. The Hall–Kier alpha value is -1.36. The Kier molecular flexibility index (Phi) is 3.32. The van der Waals surface area contributed by atoms with Crippen LogP contribution >= 0.6 is 15.9 Å². The number of imide groups is 1. The highest BCUT2D eigenvalue weighted by Crippen LogP contribution is 2.51. The molecule has 1 aromatic carbocycles. The van der Waals surface area contributed by atoms with Crippen LogP contribution < -0.4 is 5.32 Å². The summed E-state index contributed by atoms with van der Waals surface area (Å²) < 4.78 is 1.05. The van der Waals surface area contributed by atoms with Crippen molar-refractivity contribution in [3.8, 4) is 0 Å². The number of amides is 3. The maximum Gasteiger partial charge on any atom is 0.324 e. The smallest absolute Gasteiger partial charge is 0.324 e. The van der Waals surface area contributed by atoms with E-state index in [1.165, 1.54) is 10.5 Å². The zero-order valence-electron chi connectivity index (χ0n) is 11.4. The van der Waals surface area contributed by atoms with Crippen molar-refractivity contribution in [2.24, 2.45) is 0 Å². The van der Waals surface area contributed by atoms with Crippen LogP contribution in [-0.2, 0) is 10.2 Å². The number of carbonyl (C=O) groups excluding carboxylic acids is 2. The predicted octanol–water partition coefficient (Wildman–Crippen LogP) is 2.81. The SMILES string of the molecule is CC[C@@H]1NC(=O)N(CC2(c3ccccc3Br)CC2)C1=O. The van der Waals surface area contributed by atoms with Gasteiger partial charge in [0, 0.05) is 16.4 Å². The van der Waals surface area contributed by atoms with Crippen LogP contribution in [0.25, 0.3) is 0 Å². The number of halogens is 1. The highest BCUT2D eigenvalue weighted by Gasteiger charge is 2.50. The number of benzene rings is 1. The molecule has 1 heterocycles. The first kappa shape index (κ1) is 13.6. The molecular formula is C15H17BrN2O2. The topological polar surface area (TPSA) is 49.4 Å². The van der Waals surface area contributed by atoms with Gasteiger partial charge >= 0.3 is 6.03 Å². The number of hydrogen-bond donors (Lipinski definition) is 1. The molecule has 1 N–H and O–H groups in total. The summed E-state index contributed by atoms with van der Waals surface area (Å²) in [5.41, 5.74) is 1.14. The van der Waals surface area contributed by atoms with Crippen LogP contribution in [0.4, 0.5) is 4.79 Å². The van der Waals surface area contributed by atoms with Gasteiger partial charge in [-0.1, -0.05) is 41.1 Å². The zero-order chi connectivity index (χ0) is 14.3. The van der Waals surface area contributed by atoms with E-state index in [0.717, 1.165) is 17.3 Å². The van der Waals surface area contributed by atoms with E-state index in [0.29, 0.717) is 13.0 Å². The largest absolute Gasteiger partial charge is 0.326 e. The lowest BCUT2D eigenvalue weighted by atomic mass is 9.95. The van der Waals surface area contributed by atoms with E-state index in [2.05, 4.69) is 27.3 Å². The number of hydrogen-bond acceptors (Lipinski definition) is 2. The van der Waals surface area contributed by atoms with Crippen molar-refractivity contribution < 1.29 is 9.59 Å². The highest BCUT2D eigenvalue weighted by molar-refractivity contribution is 9.10. The van der Waals surface area contributed by atoms with E-state index in [9.17, 15) is 9.59 Å². The molecule has 3 rings (SSSR count). The van der Waals surface area contributed by atoms with Crippen LogP contribution in [0.2, 0.25) is 0 Å². The molecule has 1 saturated carbocycles. The maximum atomic E-state index is 12.2. The molecule has 5 heteroatoms. The molecule has 4 nitrogen and oxygen atoms in total. The van der Waals surface area contributed by atoms with E-state index in [1.807, 2.05) is 25.1 Å². The third-order valence-electron chi connectivity index (χ3n) is 4.27. The Morgan fingerprint density at radius 3 is 2.60 bits per heavy atom. The fraction of sp³-hybridized carbons (Fsp3) is 0.467. The highest BCUT2D eigenvalue weighted by atomic mass is 79.9. The van der Waals surface area contributed by atoms with Gasteiger partial charge in [0.1, 0.15) is 6.04 Å². The fourth-order valence-electron chi connectivity index (χ4n) is 2.86. The first-order chi connectivity index (χ1) is 9.57. The minimum Gasteiger partial charge on any atom is -0.326 e. The van der Waals surface area contributed by atoms with Crippen LogP contribution in [-0.4, -0.2) is 29.4 Å². The molecule has 1 aliphatic carbocycles. The zero-order valence-corrected chi connectivity index (χ0v) is 12.9. The summed E-state index contributed by atoms with van der Waals surface area (Å²) in [6.45, 7) is 2.39. The quantitative estimate of drug-likeness (QED) is 0.859. The summed E-state index contributed by atoms with van der Waals surface area (Å²) in [7, 11) is 0. The normalized spacial score (nSPS) is 23.9. The molecule has 20 heavy (non-hydrogen) atoms. The van der Waals surface area contributed by atoms with Gasteiger partial charge in [-0.15, -0.1) is 0 Å². The average Bonchev–Trinajstić information content (AvgIpc) is 3.17. The summed E-state index contributed by atoms with van der Waals surface area (Å²) in [5.74, 6) is -0.0872. The molecule has 1 aliphatic heterocycles. The van der Waals surface area contributed by atoms with Gasteiger partial charge in [0.15, 0.2) is 0 Å². The summed E-state index contributed by atoms with van der Waals surface area (Å²) >= 11 is 3.57. The molecule has 2 fully saturated rings. The Bertz CT molecular complexity index is 569. The Morgan fingerprint density at radius 1 is 1.35 bits per heavy atom. The lowest BCUT2D eigenvalue weighted by molar-refractivity contribution is -0.127. The minimum absolute atomic E-state index is 0.0598. The van der Waals surface area contributed by atoms with Gasteiger partial charge < -0.3 is 5.32 Å². The van der Waals surface area contributed by atoms with Gasteiger partial charge in [0.05, 0.1) is 0 Å². The van der Waals surface area contributed by atoms with E-state index in [-0.39, 0.29) is 23.4 Å². The fourth-order valence-corrected chi connectivity index (χ4v) is 3.57. The molecule has 3 amide bonds. The van der Waals surface area contributed by atoms with E-state index in [4.69, 9.17) is 0 Å². The maximum absolute atomic E-state index is 12.2. The summed E-state index contributed by atoms with van der Waals surface area (Å²) in [6, 6.07) is 7.46. The van der Waals surface area contributed by atoms with Crippen molar-refractivity contribution in [3.05, 3.63) is 34.3 Å². The number of nitrogens with one attached hydrogen (secondary N) is 1. The van der Waals surface area contributed by atoms with Crippen LogP contribution in [0.15, 0.2) is 28.7 Å². The summed E-state index contributed by atoms with van der Waals surface area (Å²) in [5, 5.41) is 2.75. The molecule has 2 aliphatic rings. The Balaban J connectivity index is 1.83. The van der Waals surface area contributed by atoms with Crippen molar-refractivity contribution in [1.82, 2.24) is 10.2 Å². The second-order valence-corrected chi connectivity index (χ2v) is 6.45. The molecule has 1 saturated heterocycles. The minimum atomic E-state index is -0.350. The van der Waals surface area contributed by atoms with Crippen molar-refractivity contribution in [3.63, 3.8) is 0 Å². The van der Waals surface area contributed by atoms with E-state index in [1.54, 1.807) is 0 Å². The average molecular weight is 337 g/mol. The van der Waals surface area contributed by atoms with Crippen molar-refractivity contribution in [1.29, 1.82) is 0 Å². The second-order valence-electron chi connectivity index (χ2n) is 5.59. The van der Waals surface area contributed by atoms with Gasteiger partial charge in [-0.25, -0.2) is 4.79 Å². The molecule has 0 aromatic heterocycles. The van der Waals surface area contributed by atoms with Gasteiger partial charge in [0.25, 0.3) is 5.91 Å². The summed E-state index contributed by atoms with van der Waals surface area (Å²) in [6.07, 6.45) is 2.68. The number of urea groups is 1. The van der Waals surface area contributed by atoms with E-state index >= 15 is 0 Å². The predicted molar refractivity (Wildman–Crippen MR) is 79.4 cm³/mol. The summed E-state index contributed by atoms with van der Waals surface area (Å²) in [4.78, 5) is 25.5. The van der Waals surface area contributed by atoms with Gasteiger partial charge in [0.2, 0.25) is 0 Å². The third kappa shape index (κ3) is 2.14. The molecule has 106 valence electrons. The number of carbonyl (C=O) groups is 2. The van der Waals surface area contributed by atoms with Gasteiger partial charge in [-0.05, 0) is 30.9 Å². The van der Waals surface area contributed by atoms with Gasteiger partial charge in [-0.2, -0.15) is 0 Å².